The van der Waals surface area contributed by atoms with Crippen LogP contribution in [0.4, 0.5) is 0 Å². The van der Waals surface area contributed by atoms with Crippen LogP contribution in [0, 0.1) is 17.3 Å². The number of carbonyl (C=O) groups is 2. The molecule has 0 aromatic rings. The first kappa shape index (κ1) is 17.0. The zero-order valence-electron chi connectivity index (χ0n) is 13.4. The molecule has 0 spiro atoms. The molecule has 2 unspecified atom stereocenters. The van der Waals surface area contributed by atoms with Crippen molar-refractivity contribution in [2.75, 3.05) is 13.1 Å². The Hall–Kier alpha value is -1.10. The van der Waals surface area contributed by atoms with Crippen molar-refractivity contribution in [1.29, 1.82) is 0 Å². The summed E-state index contributed by atoms with van der Waals surface area (Å²) < 4.78 is 0. The third kappa shape index (κ3) is 3.51. The van der Waals surface area contributed by atoms with Crippen LogP contribution in [0.3, 0.4) is 0 Å². The Morgan fingerprint density at radius 2 is 1.65 bits per heavy atom. The van der Waals surface area contributed by atoms with Crippen molar-refractivity contribution in [2.24, 2.45) is 17.3 Å². The maximum atomic E-state index is 12.1. The van der Waals surface area contributed by atoms with Crippen molar-refractivity contribution >= 4 is 11.9 Å². The lowest BCUT2D eigenvalue weighted by molar-refractivity contribution is -0.140. The van der Waals surface area contributed by atoms with Gasteiger partial charge in [0.1, 0.15) is 0 Å². The molecule has 1 fully saturated rings. The Morgan fingerprint density at radius 1 is 1.15 bits per heavy atom. The van der Waals surface area contributed by atoms with Crippen molar-refractivity contribution in [3.8, 4) is 0 Å². The van der Waals surface area contributed by atoms with Crippen molar-refractivity contribution in [3.05, 3.63) is 0 Å². The number of rotatable bonds is 7. The van der Waals surface area contributed by atoms with Gasteiger partial charge in [-0.25, -0.2) is 0 Å². The van der Waals surface area contributed by atoms with E-state index in [0.29, 0.717) is 18.6 Å². The minimum atomic E-state index is -0.874. The zero-order chi connectivity index (χ0) is 15.7. The fraction of sp³-hybridized carbons (Fsp3) is 0.867. The number of carboxylic acids is 1. The minimum Gasteiger partial charge on any atom is -0.481 e. The number of nitrogens with zero attached hydrogens (tertiary/aromatic N) is 1. The highest BCUT2D eigenvalue weighted by Gasteiger charge is 2.65. The van der Waals surface area contributed by atoms with Gasteiger partial charge in [-0.3, -0.25) is 14.5 Å². The molecule has 1 rings (SSSR count). The van der Waals surface area contributed by atoms with Crippen molar-refractivity contribution in [1.82, 2.24) is 10.2 Å². The topological polar surface area (TPSA) is 69.6 Å². The number of hydrogen-bond acceptors (Lipinski definition) is 3. The Morgan fingerprint density at radius 3 is 2.00 bits per heavy atom. The van der Waals surface area contributed by atoms with E-state index in [2.05, 4.69) is 37.9 Å². The number of nitrogens with one attached hydrogen (secondary N) is 1. The van der Waals surface area contributed by atoms with Gasteiger partial charge < -0.3 is 10.4 Å². The van der Waals surface area contributed by atoms with Crippen LogP contribution in [0.2, 0.25) is 0 Å². The molecule has 0 radical (unpaired) electrons. The van der Waals surface area contributed by atoms with E-state index in [4.69, 9.17) is 5.11 Å². The van der Waals surface area contributed by atoms with E-state index in [9.17, 15) is 9.59 Å². The second-order valence-electron chi connectivity index (χ2n) is 6.83. The Bertz CT molecular complexity index is 369. The van der Waals surface area contributed by atoms with Gasteiger partial charge in [-0.1, -0.05) is 13.8 Å². The molecule has 0 aromatic heterocycles. The van der Waals surface area contributed by atoms with E-state index in [0.717, 1.165) is 6.54 Å². The fourth-order valence-corrected chi connectivity index (χ4v) is 3.12. The van der Waals surface area contributed by atoms with E-state index in [1.165, 1.54) is 0 Å². The molecule has 116 valence electrons. The highest BCUT2D eigenvalue weighted by Crippen LogP contribution is 2.58. The first-order valence-corrected chi connectivity index (χ1v) is 7.37. The van der Waals surface area contributed by atoms with E-state index in [-0.39, 0.29) is 5.91 Å². The van der Waals surface area contributed by atoms with Gasteiger partial charge in [-0.05, 0) is 33.1 Å². The molecule has 0 bridgehead atoms. The summed E-state index contributed by atoms with van der Waals surface area (Å²) in [7, 11) is 0. The Balaban J connectivity index is 2.44. The molecule has 1 saturated carbocycles. The molecule has 20 heavy (non-hydrogen) atoms. The lowest BCUT2D eigenvalue weighted by Gasteiger charge is -2.30. The third-order valence-electron chi connectivity index (χ3n) is 4.37. The smallest absolute Gasteiger partial charge is 0.307 e. The standard InChI is InChI=1S/C15H28N2O3/c1-9(2)17(10(3)4)8-7-16-13(18)11-12(14(19)20)15(11,5)6/h9-12H,7-8H2,1-6H3,(H,16,18)(H,19,20). The van der Waals surface area contributed by atoms with Gasteiger partial charge in [0.05, 0.1) is 11.8 Å². The first-order valence-electron chi connectivity index (χ1n) is 7.37. The molecule has 5 nitrogen and oxygen atoms in total. The van der Waals surface area contributed by atoms with Gasteiger partial charge in [0, 0.05) is 25.2 Å². The van der Waals surface area contributed by atoms with Crippen LogP contribution in [0.25, 0.3) is 0 Å². The van der Waals surface area contributed by atoms with E-state index >= 15 is 0 Å². The molecule has 1 aliphatic rings. The van der Waals surface area contributed by atoms with Gasteiger partial charge in [-0.2, -0.15) is 0 Å². The molecule has 1 aliphatic carbocycles. The third-order valence-corrected chi connectivity index (χ3v) is 4.37. The van der Waals surface area contributed by atoms with Crippen LogP contribution in [-0.2, 0) is 9.59 Å². The molecule has 2 N–H and O–H groups in total. The highest BCUT2D eigenvalue weighted by atomic mass is 16.4. The summed E-state index contributed by atoms with van der Waals surface area (Å²) in [6, 6.07) is 0.854. The fourth-order valence-electron chi connectivity index (χ4n) is 3.12. The first-order chi connectivity index (χ1) is 9.10. The maximum absolute atomic E-state index is 12.1. The lowest BCUT2D eigenvalue weighted by Crippen LogP contribution is -2.43. The Kier molecular flexibility index (Phi) is 5.19. The molecule has 0 aliphatic heterocycles. The summed E-state index contributed by atoms with van der Waals surface area (Å²) in [6.07, 6.45) is 0. The maximum Gasteiger partial charge on any atom is 0.307 e. The molecule has 0 heterocycles. The van der Waals surface area contributed by atoms with E-state index < -0.39 is 23.2 Å². The summed E-state index contributed by atoms with van der Waals surface area (Å²) in [6.45, 7) is 13.5. The molecular weight excluding hydrogens is 256 g/mol. The highest BCUT2D eigenvalue weighted by molar-refractivity contribution is 5.91. The molecule has 5 heteroatoms. The Labute approximate surface area is 121 Å². The van der Waals surface area contributed by atoms with Crippen molar-refractivity contribution < 1.29 is 14.7 Å². The quantitative estimate of drug-likeness (QED) is 0.744. The van der Waals surface area contributed by atoms with Crippen molar-refractivity contribution in [3.63, 3.8) is 0 Å². The molecule has 0 saturated heterocycles. The summed E-state index contributed by atoms with van der Waals surface area (Å²) in [4.78, 5) is 25.4. The summed E-state index contributed by atoms with van der Waals surface area (Å²) in [5.41, 5.74) is -0.425. The number of amides is 1. The average molecular weight is 284 g/mol. The number of hydrogen-bond donors (Lipinski definition) is 2. The lowest BCUT2D eigenvalue weighted by atomic mass is 10.1. The summed E-state index contributed by atoms with van der Waals surface area (Å²) in [5.74, 6) is -1.95. The predicted molar refractivity (Wildman–Crippen MR) is 78.4 cm³/mol. The number of carboxylic acid groups (broad SMARTS) is 1. The normalized spacial score (nSPS) is 24.2. The molecule has 0 aromatic carbocycles. The monoisotopic (exact) mass is 284 g/mol. The molecule has 1 amide bonds. The van der Waals surface area contributed by atoms with E-state index in [1.54, 1.807) is 0 Å². The van der Waals surface area contributed by atoms with Crippen LogP contribution < -0.4 is 5.32 Å². The summed E-state index contributed by atoms with van der Waals surface area (Å²) in [5, 5.41) is 12.0. The zero-order valence-corrected chi connectivity index (χ0v) is 13.4. The van der Waals surface area contributed by atoms with Gasteiger partial charge in [-0.15, -0.1) is 0 Å². The second-order valence-corrected chi connectivity index (χ2v) is 6.83. The van der Waals surface area contributed by atoms with Crippen LogP contribution in [0.1, 0.15) is 41.5 Å². The van der Waals surface area contributed by atoms with Crippen LogP contribution >= 0.6 is 0 Å². The summed E-state index contributed by atoms with van der Waals surface area (Å²) >= 11 is 0. The van der Waals surface area contributed by atoms with Gasteiger partial charge in [0.25, 0.3) is 0 Å². The number of aliphatic carboxylic acids is 1. The van der Waals surface area contributed by atoms with Crippen LogP contribution in [0.15, 0.2) is 0 Å². The van der Waals surface area contributed by atoms with E-state index in [1.807, 2.05) is 13.8 Å². The van der Waals surface area contributed by atoms with Gasteiger partial charge in [0.15, 0.2) is 0 Å². The number of carbonyl (C=O) groups excluding carboxylic acids is 1. The van der Waals surface area contributed by atoms with Crippen LogP contribution in [-0.4, -0.2) is 47.1 Å². The minimum absolute atomic E-state index is 0.130. The average Bonchev–Trinajstić information content (AvgIpc) is 2.86. The van der Waals surface area contributed by atoms with Crippen LogP contribution in [0.5, 0.6) is 0 Å². The second kappa shape index (κ2) is 6.12. The largest absolute Gasteiger partial charge is 0.481 e. The SMILES string of the molecule is CC(C)N(CCNC(=O)C1C(C(=O)O)C1(C)C)C(C)C. The van der Waals surface area contributed by atoms with Gasteiger partial charge in [0.2, 0.25) is 5.91 Å². The van der Waals surface area contributed by atoms with Crippen molar-refractivity contribution in [2.45, 2.75) is 53.6 Å². The molecular formula is C15H28N2O3. The predicted octanol–water partition coefficient (Wildman–Crippen LogP) is 1.58. The molecule has 2 atom stereocenters. The van der Waals surface area contributed by atoms with Gasteiger partial charge >= 0.3 is 5.97 Å².